The second kappa shape index (κ2) is 8.60. The number of nitrogens with one attached hydrogen (secondary N) is 1. The van der Waals surface area contributed by atoms with Crippen LogP contribution in [0.3, 0.4) is 0 Å². The SMILES string of the molecule is O=C(CCc1nc(C2CCCC2)no1)N[C@H](Cc1ccccc1)C(=O)O. The maximum absolute atomic E-state index is 12.1. The van der Waals surface area contributed by atoms with Crippen LogP contribution < -0.4 is 5.32 Å². The van der Waals surface area contributed by atoms with Crippen LogP contribution in [-0.4, -0.2) is 33.2 Å². The summed E-state index contributed by atoms with van der Waals surface area (Å²) >= 11 is 0. The van der Waals surface area contributed by atoms with Gasteiger partial charge in [-0.25, -0.2) is 4.79 Å². The Kier molecular flexibility index (Phi) is 5.99. The van der Waals surface area contributed by atoms with Gasteiger partial charge in [-0.05, 0) is 18.4 Å². The summed E-state index contributed by atoms with van der Waals surface area (Å²) in [5.41, 5.74) is 0.860. The minimum atomic E-state index is -1.05. The number of nitrogens with zero attached hydrogens (tertiary/aromatic N) is 2. The molecule has 26 heavy (non-hydrogen) atoms. The van der Waals surface area contributed by atoms with E-state index in [0.717, 1.165) is 24.2 Å². The number of carbonyl (C=O) groups excluding carboxylic acids is 1. The first kappa shape index (κ1) is 18.1. The van der Waals surface area contributed by atoms with Crippen LogP contribution in [0.5, 0.6) is 0 Å². The van der Waals surface area contributed by atoms with Crippen LogP contribution in [0.15, 0.2) is 34.9 Å². The third kappa shape index (κ3) is 4.91. The van der Waals surface area contributed by atoms with E-state index in [2.05, 4.69) is 15.5 Å². The minimum absolute atomic E-state index is 0.116. The number of hydrogen-bond acceptors (Lipinski definition) is 5. The zero-order chi connectivity index (χ0) is 18.4. The Morgan fingerprint density at radius 3 is 2.65 bits per heavy atom. The minimum Gasteiger partial charge on any atom is -0.480 e. The quantitative estimate of drug-likeness (QED) is 0.752. The summed E-state index contributed by atoms with van der Waals surface area (Å²) in [6.45, 7) is 0. The molecule has 0 saturated heterocycles. The first-order valence-corrected chi connectivity index (χ1v) is 9.00. The highest BCUT2D eigenvalue weighted by atomic mass is 16.5. The Morgan fingerprint density at radius 1 is 1.23 bits per heavy atom. The number of aliphatic carboxylic acids is 1. The number of rotatable bonds is 8. The van der Waals surface area contributed by atoms with Crippen molar-refractivity contribution in [3.8, 4) is 0 Å². The molecule has 1 fully saturated rings. The van der Waals surface area contributed by atoms with Crippen LogP contribution in [-0.2, 0) is 22.4 Å². The summed E-state index contributed by atoms with van der Waals surface area (Å²) in [6, 6.07) is 8.26. The molecule has 1 saturated carbocycles. The molecular weight excluding hydrogens is 334 g/mol. The number of hydrogen-bond donors (Lipinski definition) is 2. The average molecular weight is 357 g/mol. The Balaban J connectivity index is 1.49. The van der Waals surface area contributed by atoms with Gasteiger partial charge in [-0.1, -0.05) is 48.3 Å². The maximum atomic E-state index is 12.1. The Bertz CT molecular complexity index is 738. The molecule has 1 aliphatic carbocycles. The van der Waals surface area contributed by atoms with Crippen molar-refractivity contribution < 1.29 is 19.2 Å². The van der Waals surface area contributed by atoms with E-state index in [4.69, 9.17) is 4.52 Å². The largest absolute Gasteiger partial charge is 0.480 e. The van der Waals surface area contributed by atoms with E-state index in [0.29, 0.717) is 18.2 Å². The number of aryl methyl sites for hydroxylation is 1. The van der Waals surface area contributed by atoms with Crippen LogP contribution >= 0.6 is 0 Å². The predicted octanol–water partition coefficient (Wildman–Crippen LogP) is 2.47. The van der Waals surface area contributed by atoms with Gasteiger partial charge in [0.1, 0.15) is 6.04 Å². The van der Waals surface area contributed by atoms with Crippen LogP contribution in [0.1, 0.15) is 55.3 Å². The molecule has 2 aromatic rings. The number of aromatic nitrogens is 2. The van der Waals surface area contributed by atoms with Crippen molar-refractivity contribution in [1.29, 1.82) is 0 Å². The van der Waals surface area contributed by atoms with E-state index in [9.17, 15) is 14.7 Å². The van der Waals surface area contributed by atoms with Crippen molar-refractivity contribution in [1.82, 2.24) is 15.5 Å². The van der Waals surface area contributed by atoms with Gasteiger partial charge in [0.2, 0.25) is 11.8 Å². The van der Waals surface area contributed by atoms with E-state index < -0.39 is 12.0 Å². The first-order chi connectivity index (χ1) is 12.6. The third-order valence-corrected chi connectivity index (χ3v) is 4.69. The van der Waals surface area contributed by atoms with E-state index in [1.165, 1.54) is 12.8 Å². The van der Waals surface area contributed by atoms with Crippen molar-refractivity contribution in [2.24, 2.45) is 0 Å². The average Bonchev–Trinajstić information content (AvgIpc) is 3.31. The Hall–Kier alpha value is -2.70. The number of amides is 1. The van der Waals surface area contributed by atoms with Gasteiger partial charge >= 0.3 is 5.97 Å². The zero-order valence-electron chi connectivity index (χ0n) is 14.6. The summed E-state index contributed by atoms with van der Waals surface area (Å²) in [7, 11) is 0. The van der Waals surface area contributed by atoms with Gasteiger partial charge in [0.05, 0.1) is 0 Å². The molecule has 1 amide bonds. The smallest absolute Gasteiger partial charge is 0.326 e. The monoisotopic (exact) mass is 357 g/mol. The van der Waals surface area contributed by atoms with Gasteiger partial charge in [-0.15, -0.1) is 0 Å². The van der Waals surface area contributed by atoms with Crippen molar-refractivity contribution in [3.05, 3.63) is 47.6 Å². The fourth-order valence-corrected chi connectivity index (χ4v) is 3.26. The van der Waals surface area contributed by atoms with Gasteiger partial charge in [0, 0.05) is 25.2 Å². The van der Waals surface area contributed by atoms with Crippen LogP contribution in [0.25, 0.3) is 0 Å². The fourth-order valence-electron chi connectivity index (χ4n) is 3.26. The predicted molar refractivity (Wildman–Crippen MR) is 93.5 cm³/mol. The standard InChI is InChI=1S/C19H23N3O4/c23-16(20-15(19(24)25)12-13-6-2-1-3-7-13)10-11-17-21-18(22-26-17)14-8-4-5-9-14/h1-3,6-7,14-15H,4-5,8-12H2,(H,20,23)(H,24,25)/t15-/m1/s1. The van der Waals surface area contributed by atoms with E-state index in [-0.39, 0.29) is 18.7 Å². The summed E-state index contributed by atoms with van der Waals surface area (Å²) in [4.78, 5) is 27.9. The summed E-state index contributed by atoms with van der Waals surface area (Å²) < 4.78 is 5.22. The van der Waals surface area contributed by atoms with Gasteiger partial charge in [0.25, 0.3) is 0 Å². The van der Waals surface area contributed by atoms with Crippen LogP contribution in [0.4, 0.5) is 0 Å². The summed E-state index contributed by atoms with van der Waals surface area (Å²) in [5, 5.41) is 15.9. The normalized spacial score (nSPS) is 15.7. The molecule has 0 unspecified atom stereocenters. The highest BCUT2D eigenvalue weighted by Gasteiger charge is 2.23. The van der Waals surface area contributed by atoms with E-state index in [1.54, 1.807) is 0 Å². The molecule has 3 rings (SSSR count). The van der Waals surface area contributed by atoms with Crippen molar-refractivity contribution >= 4 is 11.9 Å². The number of carboxylic acids is 1. The Labute approximate surface area is 151 Å². The van der Waals surface area contributed by atoms with Crippen LogP contribution in [0.2, 0.25) is 0 Å². The zero-order valence-corrected chi connectivity index (χ0v) is 14.6. The molecule has 0 radical (unpaired) electrons. The Morgan fingerprint density at radius 2 is 1.96 bits per heavy atom. The lowest BCUT2D eigenvalue weighted by molar-refractivity contribution is -0.141. The van der Waals surface area contributed by atoms with Crippen molar-refractivity contribution in [3.63, 3.8) is 0 Å². The maximum Gasteiger partial charge on any atom is 0.326 e. The van der Waals surface area contributed by atoms with Gasteiger partial charge in [-0.3, -0.25) is 4.79 Å². The lowest BCUT2D eigenvalue weighted by Gasteiger charge is -2.14. The molecule has 1 atom stereocenters. The molecule has 2 N–H and O–H groups in total. The lowest BCUT2D eigenvalue weighted by Crippen LogP contribution is -2.42. The summed E-state index contributed by atoms with van der Waals surface area (Å²) in [5.74, 6) is 0.128. The highest BCUT2D eigenvalue weighted by molar-refractivity contribution is 5.83. The topological polar surface area (TPSA) is 105 Å². The van der Waals surface area contributed by atoms with Gasteiger partial charge in [-0.2, -0.15) is 4.98 Å². The van der Waals surface area contributed by atoms with Crippen LogP contribution in [0, 0.1) is 0 Å². The van der Waals surface area contributed by atoms with Gasteiger partial charge in [0.15, 0.2) is 5.82 Å². The first-order valence-electron chi connectivity index (χ1n) is 9.00. The molecule has 1 aliphatic rings. The summed E-state index contributed by atoms with van der Waals surface area (Å²) in [6.07, 6.45) is 5.21. The molecule has 1 aromatic carbocycles. The highest BCUT2D eigenvalue weighted by Crippen LogP contribution is 2.32. The molecule has 7 heteroatoms. The molecule has 0 spiro atoms. The van der Waals surface area contributed by atoms with Crippen molar-refractivity contribution in [2.45, 2.75) is 56.9 Å². The molecule has 1 aromatic heterocycles. The van der Waals surface area contributed by atoms with E-state index >= 15 is 0 Å². The number of carboxylic acid groups (broad SMARTS) is 1. The third-order valence-electron chi connectivity index (χ3n) is 4.69. The van der Waals surface area contributed by atoms with E-state index in [1.807, 2.05) is 30.3 Å². The lowest BCUT2D eigenvalue weighted by atomic mass is 10.1. The fraction of sp³-hybridized carbons (Fsp3) is 0.474. The van der Waals surface area contributed by atoms with Gasteiger partial charge < -0.3 is 14.9 Å². The second-order valence-corrected chi connectivity index (χ2v) is 6.68. The van der Waals surface area contributed by atoms with Crippen molar-refractivity contribution in [2.75, 3.05) is 0 Å². The number of benzene rings is 1. The number of carbonyl (C=O) groups is 2. The molecule has 138 valence electrons. The molecule has 1 heterocycles. The second-order valence-electron chi connectivity index (χ2n) is 6.68. The molecule has 7 nitrogen and oxygen atoms in total. The molecule has 0 bridgehead atoms. The molecule has 0 aliphatic heterocycles. The molecular formula is C19H23N3O4.